The number of carboxylic acids is 1. The van der Waals surface area contributed by atoms with Crippen LogP contribution in [0, 0.1) is 46.3 Å². The van der Waals surface area contributed by atoms with Crippen LogP contribution in [-0.2, 0) is 14.3 Å². The van der Waals surface area contributed by atoms with Gasteiger partial charge in [0, 0.05) is 38.0 Å². The number of esters is 1. The molecule has 1 aromatic rings. The molecule has 0 heterocycles. The van der Waals surface area contributed by atoms with Crippen LogP contribution in [0.4, 0.5) is 5.69 Å². The molecule has 41 heavy (non-hydrogen) atoms. The van der Waals surface area contributed by atoms with Crippen LogP contribution in [0.3, 0.4) is 0 Å². The van der Waals surface area contributed by atoms with Gasteiger partial charge in [0.05, 0.1) is 0 Å². The lowest BCUT2D eigenvalue weighted by Crippen LogP contribution is -2.58. The molecule has 4 aliphatic carbocycles. The molecule has 0 aromatic heterocycles. The Kier molecular flexibility index (Phi) is 8.66. The monoisotopic (exact) mass is 563 g/mol. The van der Waals surface area contributed by atoms with E-state index in [1.54, 1.807) is 6.92 Å². The normalized spacial score (nSPS) is 36.8. The SMILES string of the molecule is CCN(CC)c1ccc(C2=CC[C@@]3(C)[C@@H](C2)C[C@@H](OC(C)=O)[C@@H]2[C@@H]3CC[C@]3(C)[C@@H](C(C)CCC(=O)O)CC[C@@H]23)cc1. The Morgan fingerprint density at radius 2 is 1.73 bits per heavy atom. The third-order valence-corrected chi connectivity index (χ3v) is 12.6. The molecule has 0 radical (unpaired) electrons. The van der Waals surface area contributed by atoms with Gasteiger partial charge in [-0.25, -0.2) is 0 Å². The van der Waals surface area contributed by atoms with E-state index >= 15 is 0 Å². The Labute approximate surface area is 248 Å². The maximum atomic E-state index is 12.4. The molecular formula is C36H53NO4. The summed E-state index contributed by atoms with van der Waals surface area (Å²) in [5, 5.41) is 9.30. The molecule has 5 nitrogen and oxygen atoms in total. The standard InChI is InChI=1S/C36H53NO4/c1-7-37(8-2)28-12-10-25(11-13-28)26-17-19-35(5)27(21-26)22-32(41-24(4)38)34-30-15-14-29(23(3)9-16-33(39)40)36(30,6)20-18-31(34)35/h10-13,17,23,27,29-32,34H,7-9,14-16,18-22H2,1-6H3,(H,39,40)/t23?,27-,29+,30-,31-,32+,34-,35-,36+/m0/s1. The second-order valence-corrected chi connectivity index (χ2v) is 14.4. The molecule has 1 aromatic carbocycles. The van der Waals surface area contributed by atoms with E-state index in [0.717, 1.165) is 38.8 Å². The molecule has 0 saturated heterocycles. The molecule has 0 amide bonds. The van der Waals surface area contributed by atoms with Crippen molar-refractivity contribution in [3.8, 4) is 0 Å². The fourth-order valence-electron chi connectivity index (χ4n) is 10.4. The molecule has 5 rings (SSSR count). The van der Waals surface area contributed by atoms with Gasteiger partial charge in [-0.1, -0.05) is 39.0 Å². The number of hydrogen-bond acceptors (Lipinski definition) is 4. The molecule has 0 spiro atoms. The Bertz CT molecular complexity index is 1140. The first-order chi connectivity index (χ1) is 19.5. The molecular weight excluding hydrogens is 510 g/mol. The topological polar surface area (TPSA) is 66.8 Å². The number of carboxylic acid groups (broad SMARTS) is 1. The average Bonchev–Trinajstić information content (AvgIpc) is 3.30. The summed E-state index contributed by atoms with van der Waals surface area (Å²) in [5.41, 5.74) is 4.49. The lowest BCUT2D eigenvalue weighted by molar-refractivity contribution is -0.183. The van der Waals surface area contributed by atoms with Gasteiger partial charge >= 0.3 is 11.9 Å². The summed E-state index contributed by atoms with van der Waals surface area (Å²) in [6.07, 6.45) is 11.4. The largest absolute Gasteiger partial charge is 0.481 e. The van der Waals surface area contributed by atoms with Crippen LogP contribution in [0.25, 0.3) is 5.57 Å². The lowest BCUT2D eigenvalue weighted by Gasteiger charge is -2.62. The molecule has 3 fully saturated rings. The predicted molar refractivity (Wildman–Crippen MR) is 166 cm³/mol. The van der Waals surface area contributed by atoms with Crippen LogP contribution in [0.15, 0.2) is 30.3 Å². The minimum atomic E-state index is -0.689. The van der Waals surface area contributed by atoms with Crippen LogP contribution < -0.4 is 4.90 Å². The van der Waals surface area contributed by atoms with E-state index in [1.807, 2.05) is 0 Å². The fourth-order valence-corrected chi connectivity index (χ4v) is 10.4. The number of hydrogen-bond donors (Lipinski definition) is 1. The maximum Gasteiger partial charge on any atom is 0.303 e. The number of aliphatic carboxylic acids is 1. The number of nitrogens with zero attached hydrogens (tertiary/aromatic N) is 1. The molecule has 9 atom stereocenters. The van der Waals surface area contributed by atoms with Gasteiger partial charge in [-0.05, 0) is 129 Å². The highest BCUT2D eigenvalue weighted by molar-refractivity contribution is 5.69. The van der Waals surface area contributed by atoms with Crippen LogP contribution in [0.5, 0.6) is 0 Å². The lowest BCUT2D eigenvalue weighted by atomic mass is 9.44. The number of fused-ring (bicyclic) bond motifs is 5. The number of carbonyl (C=O) groups excluding carboxylic acids is 1. The van der Waals surface area contributed by atoms with Crippen molar-refractivity contribution in [1.29, 1.82) is 0 Å². The van der Waals surface area contributed by atoms with E-state index in [0.29, 0.717) is 35.5 Å². The van der Waals surface area contributed by atoms with Crippen LogP contribution in [0.1, 0.15) is 105 Å². The highest BCUT2D eigenvalue weighted by Crippen LogP contribution is 2.69. The molecule has 1 unspecified atom stereocenters. The average molecular weight is 564 g/mol. The number of allylic oxidation sites excluding steroid dienone is 2. The smallest absolute Gasteiger partial charge is 0.303 e. The van der Waals surface area contributed by atoms with E-state index in [9.17, 15) is 14.7 Å². The van der Waals surface area contributed by atoms with Crippen molar-refractivity contribution >= 4 is 23.2 Å². The van der Waals surface area contributed by atoms with Crippen molar-refractivity contribution in [2.24, 2.45) is 46.3 Å². The molecule has 5 heteroatoms. The zero-order chi connectivity index (χ0) is 29.5. The molecule has 0 bridgehead atoms. The van der Waals surface area contributed by atoms with E-state index < -0.39 is 5.97 Å². The number of anilines is 1. The zero-order valence-corrected chi connectivity index (χ0v) is 26.3. The first-order valence-electron chi connectivity index (χ1n) is 16.4. The number of ether oxygens (including phenoxy) is 1. The third kappa shape index (κ3) is 5.47. The summed E-state index contributed by atoms with van der Waals surface area (Å²) in [5.74, 6) is 2.13. The Hall–Kier alpha value is -2.30. The van der Waals surface area contributed by atoms with E-state index in [-0.39, 0.29) is 29.3 Å². The van der Waals surface area contributed by atoms with E-state index in [2.05, 4.69) is 69.9 Å². The van der Waals surface area contributed by atoms with Crippen molar-refractivity contribution in [1.82, 2.24) is 0 Å². The Balaban J connectivity index is 1.40. The van der Waals surface area contributed by atoms with Crippen LogP contribution in [-0.4, -0.2) is 36.2 Å². The second-order valence-electron chi connectivity index (χ2n) is 14.4. The van der Waals surface area contributed by atoms with Gasteiger partial charge in [0.25, 0.3) is 0 Å². The zero-order valence-electron chi connectivity index (χ0n) is 26.3. The van der Waals surface area contributed by atoms with Crippen LogP contribution >= 0.6 is 0 Å². The summed E-state index contributed by atoms with van der Waals surface area (Å²) < 4.78 is 6.25. The molecule has 3 saturated carbocycles. The van der Waals surface area contributed by atoms with Crippen LogP contribution in [0.2, 0.25) is 0 Å². The summed E-state index contributed by atoms with van der Waals surface area (Å²) in [6.45, 7) is 15.3. The van der Waals surface area contributed by atoms with Gasteiger partial charge in [-0.15, -0.1) is 0 Å². The minimum absolute atomic E-state index is 0.0160. The number of rotatable bonds is 9. The first kappa shape index (κ1) is 30.2. The van der Waals surface area contributed by atoms with Crippen molar-refractivity contribution in [3.05, 3.63) is 35.9 Å². The van der Waals surface area contributed by atoms with E-state index in [4.69, 9.17) is 4.74 Å². The molecule has 226 valence electrons. The summed E-state index contributed by atoms with van der Waals surface area (Å²) in [6, 6.07) is 9.14. The van der Waals surface area contributed by atoms with Gasteiger partial charge < -0.3 is 14.7 Å². The van der Waals surface area contributed by atoms with Gasteiger partial charge in [-0.2, -0.15) is 0 Å². The van der Waals surface area contributed by atoms with Gasteiger partial charge in [0.2, 0.25) is 0 Å². The first-order valence-corrected chi connectivity index (χ1v) is 16.4. The second kappa shape index (κ2) is 11.8. The highest BCUT2D eigenvalue weighted by atomic mass is 16.5. The fraction of sp³-hybridized carbons (Fsp3) is 0.722. The summed E-state index contributed by atoms with van der Waals surface area (Å²) >= 11 is 0. The Morgan fingerprint density at radius 3 is 2.37 bits per heavy atom. The molecule has 4 aliphatic rings. The van der Waals surface area contributed by atoms with Crippen molar-refractivity contribution in [3.63, 3.8) is 0 Å². The number of benzene rings is 1. The van der Waals surface area contributed by atoms with Crippen molar-refractivity contribution in [2.45, 2.75) is 105 Å². The van der Waals surface area contributed by atoms with Crippen molar-refractivity contribution in [2.75, 3.05) is 18.0 Å². The van der Waals surface area contributed by atoms with Gasteiger partial charge in [0.1, 0.15) is 6.10 Å². The molecule has 0 aliphatic heterocycles. The van der Waals surface area contributed by atoms with Gasteiger partial charge in [-0.3, -0.25) is 9.59 Å². The van der Waals surface area contributed by atoms with Crippen molar-refractivity contribution < 1.29 is 19.4 Å². The summed E-state index contributed by atoms with van der Waals surface area (Å²) in [4.78, 5) is 26.1. The third-order valence-electron chi connectivity index (χ3n) is 12.6. The number of carbonyl (C=O) groups is 2. The minimum Gasteiger partial charge on any atom is -0.481 e. The van der Waals surface area contributed by atoms with Gasteiger partial charge in [0.15, 0.2) is 0 Å². The highest BCUT2D eigenvalue weighted by Gasteiger charge is 2.63. The predicted octanol–water partition coefficient (Wildman–Crippen LogP) is 8.23. The molecule has 1 N–H and O–H groups in total. The maximum absolute atomic E-state index is 12.4. The van der Waals surface area contributed by atoms with E-state index in [1.165, 1.54) is 42.5 Å². The Morgan fingerprint density at radius 1 is 1.05 bits per heavy atom. The summed E-state index contributed by atoms with van der Waals surface area (Å²) in [7, 11) is 0. The quantitative estimate of drug-likeness (QED) is 0.307.